The Balaban J connectivity index is 2.39. The molecule has 0 bridgehead atoms. The molecular weight excluding hydrogens is 124 g/mol. The lowest BCUT2D eigenvalue weighted by molar-refractivity contribution is -0.905. The van der Waals surface area contributed by atoms with E-state index in [1.165, 1.54) is 13.1 Å². The Morgan fingerprint density at radius 2 is 2.10 bits per heavy atom. The largest absolute Gasteiger partial charge is 0.321 e. The van der Waals surface area contributed by atoms with Crippen LogP contribution in [0.5, 0.6) is 0 Å². The van der Waals surface area contributed by atoms with E-state index in [1.807, 2.05) is 6.08 Å². The molecule has 0 unspecified atom stereocenters. The number of likely N-dealkylation sites (N-methyl/N-ethyl adjacent to an activating group) is 1. The first kappa shape index (κ1) is 7.76. The average Bonchev–Trinajstić information content (AvgIpc) is 1.89. The summed E-state index contributed by atoms with van der Waals surface area (Å²) in [5.41, 5.74) is 0. The first-order valence-corrected chi connectivity index (χ1v) is 3.92. The maximum Gasteiger partial charge on any atom is 0.0969 e. The minimum Gasteiger partial charge on any atom is -0.321 e. The van der Waals surface area contributed by atoms with Gasteiger partial charge < -0.3 is 9.80 Å². The van der Waals surface area contributed by atoms with Crippen molar-refractivity contribution < 1.29 is 4.48 Å². The molecule has 1 N–H and O–H groups in total. The molecule has 0 saturated carbocycles. The lowest BCUT2D eigenvalue weighted by atomic mass is 10.3. The van der Waals surface area contributed by atoms with Crippen molar-refractivity contribution in [3.05, 3.63) is 12.7 Å². The second-order valence-corrected chi connectivity index (χ2v) is 3.29. The molecule has 1 rings (SSSR count). The van der Waals surface area contributed by atoms with Gasteiger partial charge in [-0.25, -0.2) is 0 Å². The molecule has 0 amide bonds. The minimum atomic E-state index is 1.11. The Hall–Kier alpha value is -0.340. The standard InChI is InChI=1S/C8H17N2/c1-3-6-10(2)7-4-9-5-8-10/h3,9H,1,4-8H2,2H3/q+1. The molecule has 0 atom stereocenters. The Kier molecular flexibility index (Phi) is 2.46. The van der Waals surface area contributed by atoms with E-state index in [1.54, 1.807) is 0 Å². The van der Waals surface area contributed by atoms with Crippen molar-refractivity contribution in [1.82, 2.24) is 5.32 Å². The lowest BCUT2D eigenvalue weighted by Gasteiger charge is -2.37. The van der Waals surface area contributed by atoms with Crippen LogP contribution >= 0.6 is 0 Å². The van der Waals surface area contributed by atoms with Crippen LogP contribution in [0, 0.1) is 0 Å². The third-order valence-electron chi connectivity index (χ3n) is 2.23. The molecule has 0 spiro atoms. The van der Waals surface area contributed by atoms with Crippen LogP contribution in [-0.2, 0) is 0 Å². The summed E-state index contributed by atoms with van der Waals surface area (Å²) in [7, 11) is 2.29. The summed E-state index contributed by atoms with van der Waals surface area (Å²) in [6, 6.07) is 0. The number of nitrogens with one attached hydrogen (secondary N) is 1. The highest BCUT2D eigenvalue weighted by Crippen LogP contribution is 2.03. The van der Waals surface area contributed by atoms with Gasteiger partial charge >= 0.3 is 0 Å². The number of rotatable bonds is 2. The van der Waals surface area contributed by atoms with Gasteiger partial charge in [-0.05, 0) is 6.08 Å². The van der Waals surface area contributed by atoms with Crippen LogP contribution in [0.1, 0.15) is 0 Å². The third-order valence-corrected chi connectivity index (χ3v) is 2.23. The Morgan fingerprint density at radius 3 is 2.60 bits per heavy atom. The first-order chi connectivity index (χ1) is 4.77. The van der Waals surface area contributed by atoms with Gasteiger partial charge in [0.15, 0.2) is 0 Å². The SMILES string of the molecule is C=CC[N+]1(C)CCNCC1. The number of piperazine rings is 1. The van der Waals surface area contributed by atoms with Crippen molar-refractivity contribution in [1.29, 1.82) is 0 Å². The monoisotopic (exact) mass is 141 g/mol. The summed E-state index contributed by atoms with van der Waals surface area (Å²) >= 11 is 0. The van der Waals surface area contributed by atoms with E-state index in [2.05, 4.69) is 18.9 Å². The van der Waals surface area contributed by atoms with Crippen LogP contribution in [0.15, 0.2) is 12.7 Å². The Labute approximate surface area is 63.1 Å². The van der Waals surface area contributed by atoms with Crippen molar-refractivity contribution in [3.8, 4) is 0 Å². The molecule has 0 aliphatic carbocycles. The summed E-state index contributed by atoms with van der Waals surface area (Å²) < 4.78 is 1.16. The van der Waals surface area contributed by atoms with Crippen molar-refractivity contribution in [2.45, 2.75) is 0 Å². The van der Waals surface area contributed by atoms with E-state index in [-0.39, 0.29) is 0 Å². The second-order valence-electron chi connectivity index (χ2n) is 3.29. The lowest BCUT2D eigenvalue weighted by Crippen LogP contribution is -2.55. The molecule has 1 aliphatic rings. The Bertz CT molecular complexity index is 114. The molecule has 0 aromatic carbocycles. The number of hydrogen-bond acceptors (Lipinski definition) is 1. The summed E-state index contributed by atoms with van der Waals surface area (Å²) in [5.74, 6) is 0. The summed E-state index contributed by atoms with van der Waals surface area (Å²) in [6.45, 7) is 9.68. The van der Waals surface area contributed by atoms with Crippen LogP contribution in [0.3, 0.4) is 0 Å². The predicted molar refractivity (Wildman–Crippen MR) is 43.9 cm³/mol. The van der Waals surface area contributed by atoms with E-state index < -0.39 is 0 Å². The molecular formula is C8H17N2+. The number of nitrogens with zero attached hydrogens (tertiary/aromatic N) is 1. The quantitative estimate of drug-likeness (QED) is 0.428. The van der Waals surface area contributed by atoms with E-state index in [9.17, 15) is 0 Å². The zero-order valence-electron chi connectivity index (χ0n) is 6.77. The molecule has 0 aromatic heterocycles. The van der Waals surface area contributed by atoms with Gasteiger partial charge in [0, 0.05) is 13.1 Å². The third kappa shape index (κ3) is 1.82. The highest BCUT2D eigenvalue weighted by Gasteiger charge is 2.21. The van der Waals surface area contributed by atoms with Crippen molar-refractivity contribution >= 4 is 0 Å². The fourth-order valence-corrected chi connectivity index (χ4v) is 1.43. The molecule has 1 fully saturated rings. The van der Waals surface area contributed by atoms with Gasteiger partial charge in [0.05, 0.1) is 26.7 Å². The van der Waals surface area contributed by atoms with Gasteiger partial charge in [-0.2, -0.15) is 0 Å². The molecule has 1 aliphatic heterocycles. The van der Waals surface area contributed by atoms with Gasteiger partial charge in [-0.3, -0.25) is 0 Å². The number of hydrogen-bond donors (Lipinski definition) is 1. The molecule has 0 aromatic rings. The van der Waals surface area contributed by atoms with E-state index >= 15 is 0 Å². The molecule has 0 radical (unpaired) electrons. The first-order valence-electron chi connectivity index (χ1n) is 3.92. The zero-order chi connectivity index (χ0) is 7.45. The topological polar surface area (TPSA) is 12.0 Å². The maximum atomic E-state index is 3.76. The predicted octanol–water partition coefficient (Wildman–Crippen LogP) is 0.222. The Morgan fingerprint density at radius 1 is 1.50 bits per heavy atom. The fraction of sp³-hybridized carbons (Fsp3) is 0.750. The van der Waals surface area contributed by atoms with Gasteiger partial charge in [-0.15, -0.1) is 0 Å². The summed E-state index contributed by atoms with van der Waals surface area (Å²) in [4.78, 5) is 0. The van der Waals surface area contributed by atoms with Gasteiger partial charge in [0.1, 0.15) is 0 Å². The van der Waals surface area contributed by atoms with Crippen LogP contribution in [-0.4, -0.2) is 44.3 Å². The highest BCUT2D eigenvalue weighted by molar-refractivity contribution is 4.67. The van der Waals surface area contributed by atoms with Crippen LogP contribution in [0.2, 0.25) is 0 Å². The van der Waals surface area contributed by atoms with Gasteiger partial charge in [0.25, 0.3) is 0 Å². The molecule has 58 valence electrons. The average molecular weight is 141 g/mol. The molecule has 1 heterocycles. The normalized spacial score (nSPS) is 24.1. The minimum absolute atomic E-state index is 1.11. The van der Waals surface area contributed by atoms with Crippen molar-refractivity contribution in [3.63, 3.8) is 0 Å². The van der Waals surface area contributed by atoms with Gasteiger partial charge in [-0.1, -0.05) is 6.58 Å². The fourth-order valence-electron chi connectivity index (χ4n) is 1.43. The van der Waals surface area contributed by atoms with E-state index in [0.29, 0.717) is 0 Å². The molecule has 2 nitrogen and oxygen atoms in total. The number of quaternary nitrogens is 1. The van der Waals surface area contributed by atoms with Gasteiger partial charge in [0.2, 0.25) is 0 Å². The molecule has 10 heavy (non-hydrogen) atoms. The van der Waals surface area contributed by atoms with Crippen LogP contribution in [0.4, 0.5) is 0 Å². The van der Waals surface area contributed by atoms with Crippen molar-refractivity contribution in [2.75, 3.05) is 39.8 Å². The van der Waals surface area contributed by atoms with Crippen molar-refractivity contribution in [2.24, 2.45) is 0 Å². The zero-order valence-corrected chi connectivity index (χ0v) is 6.77. The van der Waals surface area contributed by atoms with E-state index in [4.69, 9.17) is 0 Å². The van der Waals surface area contributed by atoms with Crippen LogP contribution in [0.25, 0.3) is 0 Å². The highest BCUT2D eigenvalue weighted by atomic mass is 15.4. The smallest absolute Gasteiger partial charge is 0.0969 e. The van der Waals surface area contributed by atoms with Crippen LogP contribution < -0.4 is 5.32 Å². The van der Waals surface area contributed by atoms with E-state index in [0.717, 1.165) is 24.1 Å². The summed E-state index contributed by atoms with van der Waals surface area (Å²) in [5, 5.41) is 3.35. The maximum absolute atomic E-state index is 3.76. The molecule has 1 saturated heterocycles. The summed E-state index contributed by atoms with van der Waals surface area (Å²) in [6.07, 6.45) is 2.02. The molecule has 2 heteroatoms. The second kappa shape index (κ2) is 3.17.